The van der Waals surface area contributed by atoms with E-state index >= 15 is 0 Å². The molecule has 1 aromatic carbocycles. The quantitative estimate of drug-likeness (QED) is 0.822. The molecule has 1 atom stereocenters. The second-order valence-corrected chi connectivity index (χ2v) is 3.71. The molecule has 0 aliphatic heterocycles. The van der Waals surface area contributed by atoms with Gasteiger partial charge in [0.05, 0.1) is 18.4 Å². The van der Waals surface area contributed by atoms with Crippen LogP contribution < -0.4 is 4.74 Å². The molecular weight excluding hydrogens is 226 g/mol. The zero-order valence-corrected chi connectivity index (χ0v) is 10.1. The molecule has 1 unspecified atom stereocenters. The van der Waals surface area contributed by atoms with E-state index < -0.39 is 5.92 Å². The van der Waals surface area contributed by atoms with Crippen molar-refractivity contribution in [2.45, 2.75) is 12.8 Å². The highest BCUT2D eigenvalue weighted by Gasteiger charge is 2.14. The zero-order chi connectivity index (χ0) is 12.8. The van der Waals surface area contributed by atoms with Crippen LogP contribution in [0.5, 0.6) is 5.75 Å². The first-order chi connectivity index (χ1) is 8.85. The summed E-state index contributed by atoms with van der Waals surface area (Å²) in [7, 11) is 0. The molecule has 0 fully saturated rings. The van der Waals surface area contributed by atoms with Gasteiger partial charge in [-0.3, -0.25) is 0 Å². The number of aromatic nitrogens is 2. The van der Waals surface area contributed by atoms with Gasteiger partial charge >= 0.3 is 0 Å². The first kappa shape index (κ1) is 12.1. The molecule has 2 aromatic rings. The monoisotopic (exact) mass is 239 g/mol. The van der Waals surface area contributed by atoms with E-state index in [0.717, 1.165) is 11.3 Å². The average Bonchev–Trinajstić information content (AvgIpc) is 2.43. The lowest BCUT2D eigenvalue weighted by molar-refractivity contribution is 0.340. The largest absolute Gasteiger partial charge is 0.494 e. The van der Waals surface area contributed by atoms with Crippen LogP contribution >= 0.6 is 0 Å². The van der Waals surface area contributed by atoms with Crippen LogP contribution in [0.3, 0.4) is 0 Å². The molecule has 18 heavy (non-hydrogen) atoms. The minimum absolute atomic E-state index is 0.394. The minimum atomic E-state index is -0.394. The van der Waals surface area contributed by atoms with Gasteiger partial charge in [0.2, 0.25) is 0 Å². The lowest BCUT2D eigenvalue weighted by Crippen LogP contribution is -2.02. The summed E-state index contributed by atoms with van der Waals surface area (Å²) in [4.78, 5) is 0. The van der Waals surface area contributed by atoms with Crippen LogP contribution in [0.25, 0.3) is 0 Å². The Kier molecular flexibility index (Phi) is 3.87. The highest BCUT2D eigenvalue weighted by molar-refractivity contribution is 5.37. The third-order valence-electron chi connectivity index (χ3n) is 2.54. The zero-order valence-electron chi connectivity index (χ0n) is 10.1. The molecule has 0 aliphatic rings. The lowest BCUT2D eigenvalue weighted by Gasteiger charge is -2.09. The summed E-state index contributed by atoms with van der Waals surface area (Å²) in [5.74, 6) is 0.409. The van der Waals surface area contributed by atoms with Crippen LogP contribution in [-0.2, 0) is 0 Å². The van der Waals surface area contributed by atoms with Gasteiger partial charge in [0.1, 0.15) is 11.7 Å². The molecule has 0 aliphatic carbocycles. The number of rotatable bonds is 4. The number of nitriles is 1. The summed E-state index contributed by atoms with van der Waals surface area (Å²) >= 11 is 0. The Hall–Kier alpha value is -2.41. The van der Waals surface area contributed by atoms with E-state index in [1.165, 1.54) is 0 Å². The molecule has 0 amide bonds. The Bertz CT molecular complexity index is 531. The van der Waals surface area contributed by atoms with Gasteiger partial charge in [-0.1, -0.05) is 12.1 Å². The molecule has 0 spiro atoms. The first-order valence-electron chi connectivity index (χ1n) is 5.75. The number of benzene rings is 1. The highest BCUT2D eigenvalue weighted by Crippen LogP contribution is 2.23. The van der Waals surface area contributed by atoms with Crippen LogP contribution in [-0.4, -0.2) is 16.8 Å². The molecule has 0 saturated heterocycles. The van der Waals surface area contributed by atoms with E-state index in [1.54, 1.807) is 18.3 Å². The summed E-state index contributed by atoms with van der Waals surface area (Å²) in [5, 5.41) is 17.0. The van der Waals surface area contributed by atoms with Gasteiger partial charge in [-0.05, 0) is 36.8 Å². The van der Waals surface area contributed by atoms with Crippen molar-refractivity contribution in [2.75, 3.05) is 6.61 Å². The van der Waals surface area contributed by atoms with Crippen LogP contribution in [0.1, 0.15) is 24.1 Å². The second-order valence-electron chi connectivity index (χ2n) is 3.71. The number of ether oxygens (including phenoxy) is 1. The summed E-state index contributed by atoms with van der Waals surface area (Å²) in [6.45, 7) is 2.57. The van der Waals surface area contributed by atoms with Crippen LogP contribution in [0, 0.1) is 11.3 Å². The molecule has 4 heteroatoms. The second kappa shape index (κ2) is 5.78. The third kappa shape index (κ3) is 2.64. The van der Waals surface area contributed by atoms with Crippen molar-refractivity contribution in [1.82, 2.24) is 10.2 Å². The Morgan fingerprint density at radius 1 is 1.28 bits per heavy atom. The minimum Gasteiger partial charge on any atom is -0.494 e. The van der Waals surface area contributed by atoms with E-state index in [2.05, 4.69) is 16.3 Å². The fraction of sp³-hybridized carbons (Fsp3) is 0.214. The van der Waals surface area contributed by atoms with Crippen molar-refractivity contribution in [3.05, 3.63) is 53.9 Å². The summed E-state index contributed by atoms with van der Waals surface area (Å²) in [5.41, 5.74) is 1.55. The SMILES string of the molecule is CCOc1ccc(C(C#N)c2cccnn2)cc1. The normalized spacial score (nSPS) is 11.6. The van der Waals surface area contributed by atoms with Gasteiger partial charge in [0.25, 0.3) is 0 Å². The molecular formula is C14H13N3O. The van der Waals surface area contributed by atoms with Gasteiger partial charge in [-0.25, -0.2) is 0 Å². The Morgan fingerprint density at radius 2 is 2.06 bits per heavy atom. The lowest BCUT2D eigenvalue weighted by atomic mass is 9.97. The van der Waals surface area contributed by atoms with Gasteiger partial charge in [-0.2, -0.15) is 15.5 Å². The molecule has 0 N–H and O–H groups in total. The Labute approximate surface area is 106 Å². The van der Waals surface area contributed by atoms with Gasteiger partial charge in [0.15, 0.2) is 0 Å². The highest BCUT2D eigenvalue weighted by atomic mass is 16.5. The standard InChI is InChI=1S/C14H13N3O/c1-2-18-12-7-5-11(6-8-12)13(10-15)14-4-3-9-16-17-14/h3-9,13H,2H2,1H3. The maximum atomic E-state index is 9.26. The number of nitrogens with zero attached hydrogens (tertiary/aromatic N) is 3. The maximum Gasteiger partial charge on any atom is 0.119 e. The molecule has 4 nitrogen and oxygen atoms in total. The molecule has 2 rings (SSSR count). The predicted octanol–water partition coefficient (Wildman–Crippen LogP) is 2.53. The molecule has 1 aromatic heterocycles. The Morgan fingerprint density at radius 3 is 2.61 bits per heavy atom. The van der Waals surface area contributed by atoms with Crippen molar-refractivity contribution in [3.8, 4) is 11.8 Å². The number of hydrogen-bond acceptors (Lipinski definition) is 4. The van der Waals surface area contributed by atoms with Crippen LogP contribution in [0.15, 0.2) is 42.6 Å². The predicted molar refractivity (Wildman–Crippen MR) is 67.1 cm³/mol. The van der Waals surface area contributed by atoms with Crippen LogP contribution in [0.2, 0.25) is 0 Å². The van der Waals surface area contributed by atoms with E-state index in [-0.39, 0.29) is 0 Å². The topological polar surface area (TPSA) is 58.8 Å². The fourth-order valence-electron chi connectivity index (χ4n) is 1.70. The van der Waals surface area contributed by atoms with Crippen molar-refractivity contribution < 1.29 is 4.74 Å². The smallest absolute Gasteiger partial charge is 0.119 e. The van der Waals surface area contributed by atoms with Gasteiger partial charge < -0.3 is 4.74 Å². The molecule has 1 heterocycles. The van der Waals surface area contributed by atoms with Crippen molar-refractivity contribution in [1.29, 1.82) is 5.26 Å². The molecule has 0 bridgehead atoms. The molecule has 0 radical (unpaired) electrons. The van der Waals surface area contributed by atoms with Crippen LogP contribution in [0.4, 0.5) is 0 Å². The summed E-state index contributed by atoms with van der Waals surface area (Å²) in [6, 6.07) is 13.3. The molecule has 0 saturated carbocycles. The maximum absolute atomic E-state index is 9.26. The van der Waals surface area contributed by atoms with Gasteiger partial charge in [-0.15, -0.1) is 0 Å². The summed E-state index contributed by atoms with van der Waals surface area (Å²) < 4.78 is 5.37. The average molecular weight is 239 g/mol. The first-order valence-corrected chi connectivity index (χ1v) is 5.75. The number of hydrogen-bond donors (Lipinski definition) is 0. The molecule has 90 valence electrons. The van der Waals surface area contributed by atoms with E-state index in [4.69, 9.17) is 4.74 Å². The Balaban J connectivity index is 2.26. The van der Waals surface area contributed by atoms with E-state index in [0.29, 0.717) is 12.3 Å². The van der Waals surface area contributed by atoms with E-state index in [1.807, 2.05) is 31.2 Å². The van der Waals surface area contributed by atoms with Crippen molar-refractivity contribution >= 4 is 0 Å². The third-order valence-corrected chi connectivity index (χ3v) is 2.54. The van der Waals surface area contributed by atoms with Gasteiger partial charge in [0, 0.05) is 6.20 Å². The summed E-state index contributed by atoms with van der Waals surface area (Å²) in [6.07, 6.45) is 1.59. The fourth-order valence-corrected chi connectivity index (χ4v) is 1.70. The van der Waals surface area contributed by atoms with E-state index in [9.17, 15) is 5.26 Å². The van der Waals surface area contributed by atoms with Crippen molar-refractivity contribution in [2.24, 2.45) is 0 Å². The van der Waals surface area contributed by atoms with Crippen molar-refractivity contribution in [3.63, 3.8) is 0 Å².